The third kappa shape index (κ3) is 7.20. The maximum Gasteiger partial charge on any atom is 0.225 e. The van der Waals surface area contributed by atoms with Crippen LogP contribution in [0.15, 0.2) is 18.2 Å². The summed E-state index contributed by atoms with van der Waals surface area (Å²) in [6, 6.07) is 4.36. The Morgan fingerprint density at radius 3 is 2.47 bits per heavy atom. The number of amides is 1. The fourth-order valence-electron chi connectivity index (χ4n) is 1.40. The van der Waals surface area contributed by atoms with Gasteiger partial charge in [0, 0.05) is 19.0 Å². The summed E-state index contributed by atoms with van der Waals surface area (Å²) in [6.07, 6.45) is 0.249. The Hall–Kier alpha value is -1.04. The van der Waals surface area contributed by atoms with E-state index < -0.39 is 0 Å². The summed E-state index contributed by atoms with van der Waals surface area (Å²) in [7, 11) is 0. The number of rotatable bonds is 5. The molecule has 1 amide bonds. The lowest BCUT2D eigenvalue weighted by Crippen LogP contribution is -2.18. The molecule has 7 heteroatoms. The molecule has 0 saturated heterocycles. The zero-order valence-electron chi connectivity index (χ0n) is 10.9. The molecule has 1 aromatic rings. The second kappa shape index (κ2) is 9.83. The number of halogens is 3. The van der Waals surface area contributed by atoms with E-state index in [1.807, 2.05) is 13.8 Å². The molecule has 1 aromatic carbocycles. The van der Waals surface area contributed by atoms with Gasteiger partial charge >= 0.3 is 0 Å². The van der Waals surface area contributed by atoms with Crippen LogP contribution in [0.2, 0.25) is 0 Å². The van der Waals surface area contributed by atoms with E-state index in [0.717, 1.165) is 0 Å². The molecule has 1 rings (SSSR count). The zero-order chi connectivity index (χ0) is 12.8. The van der Waals surface area contributed by atoms with Crippen LogP contribution >= 0.6 is 24.8 Å². The second-order valence-corrected chi connectivity index (χ2v) is 4.08. The molecule has 0 bridgehead atoms. The molecule has 0 aromatic heterocycles. The van der Waals surface area contributed by atoms with Gasteiger partial charge in [-0.3, -0.25) is 4.79 Å². The van der Waals surface area contributed by atoms with Crippen LogP contribution in [0.1, 0.15) is 20.3 Å². The SMILES string of the molecule is CC(C)Nc1cc(F)ccc1NC(=O)CCN.Cl.Cl. The molecule has 0 atom stereocenters. The molecule has 0 spiro atoms. The fourth-order valence-corrected chi connectivity index (χ4v) is 1.40. The van der Waals surface area contributed by atoms with Crippen LogP contribution in [-0.4, -0.2) is 18.5 Å². The highest BCUT2D eigenvalue weighted by atomic mass is 35.5. The minimum absolute atomic E-state index is 0. The third-order valence-electron chi connectivity index (χ3n) is 2.07. The Kier molecular flexibility index (Phi) is 10.5. The summed E-state index contributed by atoms with van der Waals surface area (Å²) < 4.78 is 13.1. The first kappa shape index (κ1) is 20.3. The van der Waals surface area contributed by atoms with Gasteiger partial charge in [0.25, 0.3) is 0 Å². The smallest absolute Gasteiger partial charge is 0.225 e. The average Bonchev–Trinajstić information content (AvgIpc) is 2.21. The molecule has 4 N–H and O–H groups in total. The lowest BCUT2D eigenvalue weighted by Gasteiger charge is -2.15. The van der Waals surface area contributed by atoms with Crippen molar-refractivity contribution >= 4 is 42.1 Å². The number of carbonyl (C=O) groups is 1. The van der Waals surface area contributed by atoms with Crippen LogP contribution in [0.25, 0.3) is 0 Å². The van der Waals surface area contributed by atoms with Crippen molar-refractivity contribution in [1.82, 2.24) is 0 Å². The molecule has 0 saturated carbocycles. The van der Waals surface area contributed by atoms with Crippen LogP contribution in [0.5, 0.6) is 0 Å². The summed E-state index contributed by atoms with van der Waals surface area (Å²) in [4.78, 5) is 11.4. The zero-order valence-corrected chi connectivity index (χ0v) is 12.5. The van der Waals surface area contributed by atoms with E-state index in [2.05, 4.69) is 10.6 Å². The monoisotopic (exact) mass is 311 g/mol. The third-order valence-corrected chi connectivity index (χ3v) is 2.07. The molecule has 0 fully saturated rings. The van der Waals surface area contributed by atoms with Gasteiger partial charge in [-0.1, -0.05) is 0 Å². The highest BCUT2D eigenvalue weighted by Crippen LogP contribution is 2.23. The second-order valence-electron chi connectivity index (χ2n) is 4.08. The van der Waals surface area contributed by atoms with Gasteiger partial charge in [0.05, 0.1) is 11.4 Å². The molecule has 110 valence electrons. The van der Waals surface area contributed by atoms with E-state index in [4.69, 9.17) is 5.73 Å². The predicted octanol–water partition coefficient (Wildman–Crippen LogP) is 2.78. The predicted molar refractivity (Wildman–Crippen MR) is 82.0 cm³/mol. The summed E-state index contributed by atoms with van der Waals surface area (Å²) in [6.45, 7) is 4.17. The molecule has 0 aliphatic rings. The van der Waals surface area contributed by atoms with Crippen LogP contribution in [-0.2, 0) is 4.79 Å². The maximum absolute atomic E-state index is 13.1. The van der Waals surface area contributed by atoms with Crippen molar-refractivity contribution in [2.45, 2.75) is 26.3 Å². The molecule has 0 aliphatic carbocycles. The fraction of sp³-hybridized carbons (Fsp3) is 0.417. The Balaban J connectivity index is 0. The molecular formula is C12H20Cl2FN3O. The minimum atomic E-state index is -0.343. The number of anilines is 2. The molecule has 4 nitrogen and oxygen atoms in total. The number of benzene rings is 1. The van der Waals surface area contributed by atoms with Gasteiger partial charge in [0.2, 0.25) is 5.91 Å². The van der Waals surface area contributed by atoms with E-state index in [0.29, 0.717) is 17.9 Å². The summed E-state index contributed by atoms with van der Waals surface area (Å²) in [5, 5.41) is 5.77. The number of hydrogen-bond donors (Lipinski definition) is 3. The van der Waals surface area contributed by atoms with Gasteiger partial charge in [0.15, 0.2) is 0 Å². The minimum Gasteiger partial charge on any atom is -0.381 e. The van der Waals surface area contributed by atoms with Crippen molar-refractivity contribution in [3.05, 3.63) is 24.0 Å². The standard InChI is InChI=1S/C12H18FN3O.2ClH/c1-8(2)15-11-7-9(13)3-4-10(11)16-12(17)5-6-14;;/h3-4,7-8,15H,5-6,14H2,1-2H3,(H,16,17);2*1H. The normalized spacial score (nSPS) is 9.32. The van der Waals surface area contributed by atoms with E-state index in [-0.39, 0.29) is 49.0 Å². The van der Waals surface area contributed by atoms with Crippen LogP contribution in [0.4, 0.5) is 15.8 Å². The first-order valence-corrected chi connectivity index (χ1v) is 5.59. The van der Waals surface area contributed by atoms with Crippen molar-refractivity contribution in [3.63, 3.8) is 0 Å². The van der Waals surface area contributed by atoms with Gasteiger partial charge in [-0.05, 0) is 32.0 Å². The molecule has 0 unspecified atom stereocenters. The number of nitrogens with one attached hydrogen (secondary N) is 2. The van der Waals surface area contributed by atoms with Crippen LogP contribution in [0, 0.1) is 5.82 Å². The number of hydrogen-bond acceptors (Lipinski definition) is 3. The topological polar surface area (TPSA) is 67.1 Å². The highest BCUT2D eigenvalue weighted by molar-refractivity contribution is 5.94. The number of carbonyl (C=O) groups excluding carboxylic acids is 1. The maximum atomic E-state index is 13.1. The average molecular weight is 312 g/mol. The van der Waals surface area contributed by atoms with Gasteiger partial charge < -0.3 is 16.4 Å². The quantitative estimate of drug-likeness (QED) is 0.783. The summed E-state index contributed by atoms with van der Waals surface area (Å²) in [5.41, 5.74) is 6.43. The summed E-state index contributed by atoms with van der Waals surface area (Å²) >= 11 is 0. The van der Waals surface area contributed by atoms with E-state index in [9.17, 15) is 9.18 Å². The van der Waals surface area contributed by atoms with Gasteiger partial charge in [-0.2, -0.15) is 0 Å². The van der Waals surface area contributed by atoms with Crippen molar-refractivity contribution in [3.8, 4) is 0 Å². The first-order valence-electron chi connectivity index (χ1n) is 5.59. The van der Waals surface area contributed by atoms with E-state index >= 15 is 0 Å². The molecule has 19 heavy (non-hydrogen) atoms. The largest absolute Gasteiger partial charge is 0.381 e. The lowest BCUT2D eigenvalue weighted by atomic mass is 10.2. The summed E-state index contributed by atoms with van der Waals surface area (Å²) in [5.74, 6) is -0.518. The Morgan fingerprint density at radius 2 is 1.95 bits per heavy atom. The molecule has 0 aliphatic heterocycles. The van der Waals surface area contributed by atoms with Crippen molar-refractivity contribution in [1.29, 1.82) is 0 Å². The Morgan fingerprint density at radius 1 is 1.32 bits per heavy atom. The van der Waals surface area contributed by atoms with Crippen molar-refractivity contribution in [2.75, 3.05) is 17.2 Å². The number of nitrogens with two attached hydrogens (primary N) is 1. The highest BCUT2D eigenvalue weighted by Gasteiger charge is 2.08. The van der Waals surface area contributed by atoms with Gasteiger partial charge in [-0.15, -0.1) is 24.8 Å². The van der Waals surface area contributed by atoms with Gasteiger partial charge in [-0.25, -0.2) is 4.39 Å². The van der Waals surface area contributed by atoms with E-state index in [1.54, 1.807) is 0 Å². The van der Waals surface area contributed by atoms with Crippen LogP contribution in [0.3, 0.4) is 0 Å². The Bertz CT molecular complexity index is 403. The van der Waals surface area contributed by atoms with Crippen LogP contribution < -0.4 is 16.4 Å². The van der Waals surface area contributed by atoms with Crippen molar-refractivity contribution in [2.24, 2.45) is 5.73 Å². The lowest BCUT2D eigenvalue weighted by molar-refractivity contribution is -0.116. The van der Waals surface area contributed by atoms with Crippen molar-refractivity contribution < 1.29 is 9.18 Å². The Labute approximate surface area is 125 Å². The molecule has 0 heterocycles. The molecular weight excluding hydrogens is 292 g/mol. The first-order chi connectivity index (χ1) is 8.02. The van der Waals surface area contributed by atoms with E-state index in [1.165, 1.54) is 18.2 Å². The molecule has 0 radical (unpaired) electrons. The van der Waals surface area contributed by atoms with Gasteiger partial charge in [0.1, 0.15) is 5.82 Å².